The predicted molar refractivity (Wildman–Crippen MR) is 88.3 cm³/mol. The standard InChI is InChI=1S/C18H15F3N2O2/c1-25-16-11-5-2-7-13(16)8-6-12-22-17(24)23-15-10-4-3-9-14(15)18(19,20)21/h2-5,7,9-11H,12H2,1H3,(H2,22,23,24). The molecule has 0 aromatic heterocycles. The minimum absolute atomic E-state index is 0.0297. The summed E-state index contributed by atoms with van der Waals surface area (Å²) >= 11 is 0. The molecule has 25 heavy (non-hydrogen) atoms. The van der Waals surface area contributed by atoms with Crippen molar-refractivity contribution >= 4 is 11.7 Å². The molecule has 0 radical (unpaired) electrons. The highest BCUT2D eigenvalue weighted by molar-refractivity contribution is 5.90. The van der Waals surface area contributed by atoms with E-state index in [2.05, 4.69) is 22.5 Å². The van der Waals surface area contributed by atoms with Crippen molar-refractivity contribution in [3.63, 3.8) is 0 Å². The first-order valence-corrected chi connectivity index (χ1v) is 7.25. The van der Waals surface area contributed by atoms with Crippen LogP contribution in [-0.4, -0.2) is 19.7 Å². The van der Waals surface area contributed by atoms with Crippen molar-refractivity contribution in [2.45, 2.75) is 6.18 Å². The van der Waals surface area contributed by atoms with Crippen LogP contribution in [0.3, 0.4) is 0 Å². The summed E-state index contributed by atoms with van der Waals surface area (Å²) in [6.45, 7) is -0.0297. The number of rotatable bonds is 3. The lowest BCUT2D eigenvalue weighted by Crippen LogP contribution is -2.29. The number of hydrogen-bond acceptors (Lipinski definition) is 2. The van der Waals surface area contributed by atoms with Crippen molar-refractivity contribution in [3.8, 4) is 17.6 Å². The molecule has 2 amide bonds. The Hall–Kier alpha value is -3.14. The first-order valence-electron chi connectivity index (χ1n) is 7.25. The molecule has 0 aliphatic heterocycles. The van der Waals surface area contributed by atoms with E-state index in [9.17, 15) is 18.0 Å². The molecule has 2 N–H and O–H groups in total. The summed E-state index contributed by atoms with van der Waals surface area (Å²) in [6.07, 6.45) is -4.55. The maximum atomic E-state index is 12.9. The number of alkyl halides is 3. The molecule has 2 rings (SSSR count). The molecule has 0 saturated carbocycles. The number of urea groups is 1. The molecule has 0 heterocycles. The average molecular weight is 348 g/mol. The Morgan fingerprint density at radius 1 is 1.12 bits per heavy atom. The third-order valence-electron chi connectivity index (χ3n) is 3.15. The van der Waals surface area contributed by atoms with Gasteiger partial charge in [-0.05, 0) is 24.3 Å². The lowest BCUT2D eigenvalue weighted by molar-refractivity contribution is -0.136. The van der Waals surface area contributed by atoms with E-state index in [4.69, 9.17) is 4.74 Å². The van der Waals surface area contributed by atoms with Gasteiger partial charge in [0, 0.05) is 0 Å². The van der Waals surface area contributed by atoms with Gasteiger partial charge in [0.15, 0.2) is 0 Å². The van der Waals surface area contributed by atoms with Crippen molar-refractivity contribution < 1.29 is 22.7 Å². The van der Waals surface area contributed by atoms with Gasteiger partial charge >= 0.3 is 12.2 Å². The van der Waals surface area contributed by atoms with Crippen molar-refractivity contribution in [1.29, 1.82) is 0 Å². The number of anilines is 1. The third-order valence-corrected chi connectivity index (χ3v) is 3.15. The number of benzene rings is 2. The van der Waals surface area contributed by atoms with Crippen molar-refractivity contribution in [2.75, 3.05) is 19.0 Å². The zero-order chi connectivity index (χ0) is 18.3. The minimum Gasteiger partial charge on any atom is -0.495 e. The van der Waals surface area contributed by atoms with Gasteiger partial charge in [-0.2, -0.15) is 13.2 Å². The molecular formula is C18H15F3N2O2. The van der Waals surface area contributed by atoms with E-state index in [1.54, 1.807) is 24.3 Å². The van der Waals surface area contributed by atoms with E-state index in [1.165, 1.54) is 25.3 Å². The largest absolute Gasteiger partial charge is 0.495 e. The van der Waals surface area contributed by atoms with Crippen LogP contribution in [0, 0.1) is 11.8 Å². The summed E-state index contributed by atoms with van der Waals surface area (Å²) in [5, 5.41) is 4.56. The monoisotopic (exact) mass is 348 g/mol. The number of carbonyl (C=O) groups is 1. The molecule has 0 aliphatic rings. The molecule has 0 unspecified atom stereocenters. The fraction of sp³-hybridized carbons (Fsp3) is 0.167. The Balaban J connectivity index is 1.96. The van der Waals surface area contributed by atoms with Crippen LogP contribution in [0.1, 0.15) is 11.1 Å². The SMILES string of the molecule is COc1ccccc1C#CCNC(=O)Nc1ccccc1C(F)(F)F. The zero-order valence-electron chi connectivity index (χ0n) is 13.3. The van der Waals surface area contributed by atoms with Crippen molar-refractivity contribution in [3.05, 3.63) is 59.7 Å². The lowest BCUT2D eigenvalue weighted by atomic mass is 10.1. The highest BCUT2D eigenvalue weighted by atomic mass is 19.4. The highest BCUT2D eigenvalue weighted by Gasteiger charge is 2.33. The maximum absolute atomic E-state index is 12.9. The highest BCUT2D eigenvalue weighted by Crippen LogP contribution is 2.34. The Kier molecular flexibility index (Phi) is 5.90. The van der Waals surface area contributed by atoms with E-state index in [0.29, 0.717) is 11.3 Å². The van der Waals surface area contributed by atoms with Crippen LogP contribution in [0.25, 0.3) is 0 Å². The fourth-order valence-corrected chi connectivity index (χ4v) is 2.02. The number of para-hydroxylation sites is 2. The third kappa shape index (κ3) is 5.18. The van der Waals surface area contributed by atoms with Gasteiger partial charge in [-0.15, -0.1) is 0 Å². The molecule has 0 bridgehead atoms. The molecule has 0 fully saturated rings. The fourth-order valence-electron chi connectivity index (χ4n) is 2.02. The molecule has 0 spiro atoms. The Bertz CT molecular complexity index is 808. The number of amides is 2. The number of ether oxygens (including phenoxy) is 1. The smallest absolute Gasteiger partial charge is 0.418 e. The molecule has 0 atom stereocenters. The van der Waals surface area contributed by atoms with Crippen LogP contribution in [0.4, 0.5) is 23.7 Å². The van der Waals surface area contributed by atoms with Gasteiger partial charge in [0.2, 0.25) is 0 Å². The summed E-state index contributed by atoms with van der Waals surface area (Å²) in [5.41, 5.74) is -0.579. The van der Waals surface area contributed by atoms with E-state index < -0.39 is 17.8 Å². The summed E-state index contributed by atoms with van der Waals surface area (Å²) in [4.78, 5) is 11.7. The second-order valence-electron chi connectivity index (χ2n) is 4.85. The Labute approximate surface area is 143 Å². The zero-order valence-corrected chi connectivity index (χ0v) is 13.3. The van der Waals surface area contributed by atoms with Crippen LogP contribution in [-0.2, 0) is 6.18 Å². The molecular weight excluding hydrogens is 333 g/mol. The van der Waals surface area contributed by atoms with Crippen LogP contribution >= 0.6 is 0 Å². The number of nitrogens with one attached hydrogen (secondary N) is 2. The number of halogens is 3. The van der Waals surface area contributed by atoms with Crippen molar-refractivity contribution in [1.82, 2.24) is 5.32 Å². The van der Waals surface area contributed by atoms with Gasteiger partial charge in [-0.1, -0.05) is 36.1 Å². The molecule has 4 nitrogen and oxygen atoms in total. The number of hydrogen-bond donors (Lipinski definition) is 2. The normalized spacial score (nSPS) is 10.4. The average Bonchev–Trinajstić information content (AvgIpc) is 2.58. The molecule has 7 heteroatoms. The Morgan fingerprint density at radius 3 is 2.52 bits per heavy atom. The van der Waals surface area contributed by atoms with E-state index >= 15 is 0 Å². The molecule has 0 saturated heterocycles. The number of carbonyl (C=O) groups excluding carboxylic acids is 1. The first kappa shape index (κ1) is 18.2. The summed E-state index contributed by atoms with van der Waals surface area (Å²) in [7, 11) is 1.52. The van der Waals surface area contributed by atoms with E-state index in [0.717, 1.165) is 6.07 Å². The first-order chi connectivity index (χ1) is 11.9. The van der Waals surface area contributed by atoms with Gasteiger partial charge in [0.1, 0.15) is 5.75 Å². The molecule has 0 aliphatic carbocycles. The van der Waals surface area contributed by atoms with Crippen LogP contribution in [0.15, 0.2) is 48.5 Å². The van der Waals surface area contributed by atoms with Gasteiger partial charge in [-0.25, -0.2) is 4.79 Å². The summed E-state index contributed by atoms with van der Waals surface area (Å²) < 4.78 is 43.7. The second-order valence-corrected chi connectivity index (χ2v) is 4.85. The molecule has 2 aromatic rings. The summed E-state index contributed by atoms with van der Waals surface area (Å²) in [5.74, 6) is 6.13. The maximum Gasteiger partial charge on any atom is 0.418 e. The number of methoxy groups -OCH3 is 1. The summed E-state index contributed by atoms with van der Waals surface area (Å²) in [6, 6.07) is 11.1. The molecule has 2 aromatic carbocycles. The lowest BCUT2D eigenvalue weighted by Gasteiger charge is -2.13. The minimum atomic E-state index is -4.55. The van der Waals surface area contributed by atoms with Gasteiger partial charge in [0.05, 0.1) is 30.5 Å². The van der Waals surface area contributed by atoms with Crippen LogP contribution < -0.4 is 15.4 Å². The predicted octanol–water partition coefficient (Wildman–Crippen LogP) is 3.89. The quantitative estimate of drug-likeness (QED) is 0.827. The topological polar surface area (TPSA) is 50.4 Å². The van der Waals surface area contributed by atoms with Crippen LogP contribution in [0.2, 0.25) is 0 Å². The van der Waals surface area contributed by atoms with E-state index in [-0.39, 0.29) is 12.2 Å². The second kappa shape index (κ2) is 8.11. The van der Waals surface area contributed by atoms with Gasteiger partial charge < -0.3 is 15.4 Å². The van der Waals surface area contributed by atoms with Gasteiger partial charge in [0.25, 0.3) is 0 Å². The Morgan fingerprint density at radius 2 is 1.80 bits per heavy atom. The van der Waals surface area contributed by atoms with Gasteiger partial charge in [-0.3, -0.25) is 0 Å². The van der Waals surface area contributed by atoms with Crippen LogP contribution in [0.5, 0.6) is 5.75 Å². The molecule has 130 valence electrons. The van der Waals surface area contributed by atoms with E-state index in [1.807, 2.05) is 0 Å². The van der Waals surface area contributed by atoms with Crippen molar-refractivity contribution in [2.24, 2.45) is 0 Å².